The number of rotatable bonds is 4. The maximum atomic E-state index is 12.2. The van der Waals surface area contributed by atoms with Gasteiger partial charge in [-0.3, -0.25) is 4.79 Å². The molecule has 0 saturated heterocycles. The molecule has 0 aliphatic carbocycles. The fourth-order valence-corrected chi connectivity index (χ4v) is 1.69. The molecular weight excluding hydrogens is 240 g/mol. The van der Waals surface area contributed by atoms with Gasteiger partial charge in [0, 0.05) is 13.6 Å². The monoisotopic (exact) mass is 264 g/mol. The molecule has 1 amide bonds. The fourth-order valence-electron chi connectivity index (χ4n) is 1.69. The molecule has 0 heterocycles. The van der Waals surface area contributed by atoms with Crippen LogP contribution in [0, 0.1) is 5.41 Å². The third-order valence-corrected chi connectivity index (χ3v) is 3.15. The van der Waals surface area contributed by atoms with Crippen LogP contribution in [0.15, 0.2) is 24.3 Å². The number of methoxy groups -OCH3 is 1. The maximum Gasteiger partial charge on any atom is 0.240 e. The summed E-state index contributed by atoms with van der Waals surface area (Å²) in [5.74, 6) is 0.771. The van der Waals surface area contributed by atoms with E-state index in [1.165, 1.54) is 0 Å². The summed E-state index contributed by atoms with van der Waals surface area (Å²) in [7, 11) is 3.41. The molecule has 0 unspecified atom stereocenters. The van der Waals surface area contributed by atoms with Crippen LogP contribution in [0.2, 0.25) is 0 Å². The van der Waals surface area contributed by atoms with Gasteiger partial charge < -0.3 is 15.4 Å². The highest BCUT2D eigenvalue weighted by Gasteiger charge is 2.29. The number of nitrogens with two attached hydrogens (primary N) is 1. The second-order valence-electron chi connectivity index (χ2n) is 5.89. The number of likely N-dealkylation sites (N-methyl/N-ethyl adjacent to an activating group) is 1. The summed E-state index contributed by atoms with van der Waals surface area (Å²) in [4.78, 5) is 13.9. The molecule has 0 radical (unpaired) electrons. The van der Waals surface area contributed by atoms with Crippen molar-refractivity contribution in [2.24, 2.45) is 11.1 Å². The van der Waals surface area contributed by atoms with E-state index in [9.17, 15) is 4.79 Å². The minimum atomic E-state index is -0.490. The highest BCUT2D eigenvalue weighted by Crippen LogP contribution is 2.20. The van der Waals surface area contributed by atoms with Crippen LogP contribution in [-0.4, -0.2) is 31.0 Å². The van der Waals surface area contributed by atoms with Gasteiger partial charge in [0.2, 0.25) is 5.91 Å². The van der Waals surface area contributed by atoms with E-state index in [-0.39, 0.29) is 11.3 Å². The van der Waals surface area contributed by atoms with Gasteiger partial charge in [0.1, 0.15) is 5.75 Å². The Bertz CT molecular complexity index is 421. The number of hydrogen-bond acceptors (Lipinski definition) is 3. The predicted molar refractivity (Wildman–Crippen MR) is 76.9 cm³/mol. The van der Waals surface area contributed by atoms with E-state index in [4.69, 9.17) is 10.5 Å². The highest BCUT2D eigenvalue weighted by molar-refractivity contribution is 5.82. The van der Waals surface area contributed by atoms with Gasteiger partial charge in [-0.1, -0.05) is 32.9 Å². The van der Waals surface area contributed by atoms with Crippen molar-refractivity contribution in [3.05, 3.63) is 29.8 Å². The number of carbonyl (C=O) groups excluding carboxylic acids is 1. The summed E-state index contributed by atoms with van der Waals surface area (Å²) < 4.78 is 5.10. The standard InChI is InChI=1S/C15H24N2O2/c1-15(2,3)13(16)14(18)17(4)10-11-6-8-12(19-5)9-7-11/h6-9,13H,10,16H2,1-5H3/t13-/m0/s1. The lowest BCUT2D eigenvalue weighted by Gasteiger charge is -2.30. The van der Waals surface area contributed by atoms with Crippen LogP contribution in [0.4, 0.5) is 0 Å². The molecule has 19 heavy (non-hydrogen) atoms. The van der Waals surface area contributed by atoms with Crippen LogP contribution in [-0.2, 0) is 11.3 Å². The minimum absolute atomic E-state index is 0.0386. The summed E-state index contributed by atoms with van der Waals surface area (Å²) in [5, 5.41) is 0. The Kier molecular flexibility index (Phi) is 4.95. The average molecular weight is 264 g/mol. The van der Waals surface area contributed by atoms with E-state index in [2.05, 4.69) is 0 Å². The summed E-state index contributed by atoms with van der Waals surface area (Å²) in [6, 6.07) is 7.18. The van der Waals surface area contributed by atoms with E-state index < -0.39 is 6.04 Å². The Morgan fingerprint density at radius 1 is 1.32 bits per heavy atom. The largest absolute Gasteiger partial charge is 0.497 e. The first-order chi connectivity index (χ1) is 8.75. The predicted octanol–water partition coefficient (Wildman–Crippen LogP) is 2.03. The summed E-state index contributed by atoms with van der Waals surface area (Å²) >= 11 is 0. The third-order valence-electron chi connectivity index (χ3n) is 3.15. The third kappa shape index (κ3) is 4.24. The van der Waals surface area contributed by atoms with Crippen molar-refractivity contribution >= 4 is 5.91 Å². The van der Waals surface area contributed by atoms with Crippen molar-refractivity contribution in [1.82, 2.24) is 4.90 Å². The lowest BCUT2D eigenvalue weighted by Crippen LogP contribution is -2.48. The molecule has 0 aliphatic rings. The van der Waals surface area contributed by atoms with E-state index in [1.807, 2.05) is 45.0 Å². The first-order valence-corrected chi connectivity index (χ1v) is 6.39. The van der Waals surface area contributed by atoms with Crippen LogP contribution in [0.5, 0.6) is 5.75 Å². The minimum Gasteiger partial charge on any atom is -0.497 e. The van der Waals surface area contributed by atoms with Gasteiger partial charge in [0.25, 0.3) is 0 Å². The second-order valence-corrected chi connectivity index (χ2v) is 5.89. The first kappa shape index (κ1) is 15.5. The topological polar surface area (TPSA) is 55.6 Å². The highest BCUT2D eigenvalue weighted by atomic mass is 16.5. The van der Waals surface area contributed by atoms with Crippen LogP contribution < -0.4 is 10.5 Å². The van der Waals surface area contributed by atoms with Gasteiger partial charge in [0.05, 0.1) is 13.2 Å². The molecule has 1 rings (SSSR count). The van der Waals surface area contributed by atoms with Gasteiger partial charge in [-0.2, -0.15) is 0 Å². The molecule has 1 aromatic rings. The molecule has 0 aliphatic heterocycles. The number of nitrogens with zero attached hydrogens (tertiary/aromatic N) is 1. The number of hydrogen-bond donors (Lipinski definition) is 1. The first-order valence-electron chi connectivity index (χ1n) is 6.39. The summed E-state index contributed by atoms with van der Waals surface area (Å²) in [6.07, 6.45) is 0. The Labute approximate surface area is 115 Å². The fraction of sp³-hybridized carbons (Fsp3) is 0.533. The smallest absolute Gasteiger partial charge is 0.240 e. The Morgan fingerprint density at radius 3 is 2.26 bits per heavy atom. The number of ether oxygens (including phenoxy) is 1. The van der Waals surface area contributed by atoms with Gasteiger partial charge >= 0.3 is 0 Å². The molecular formula is C15H24N2O2. The second kappa shape index (κ2) is 6.06. The zero-order valence-electron chi connectivity index (χ0n) is 12.4. The van der Waals surface area contributed by atoms with E-state index in [0.717, 1.165) is 11.3 Å². The van der Waals surface area contributed by atoms with E-state index >= 15 is 0 Å². The molecule has 106 valence electrons. The Hall–Kier alpha value is -1.55. The van der Waals surface area contributed by atoms with Crippen molar-refractivity contribution in [1.29, 1.82) is 0 Å². The molecule has 1 atom stereocenters. The normalized spacial score (nSPS) is 12.9. The zero-order valence-corrected chi connectivity index (χ0v) is 12.4. The quantitative estimate of drug-likeness (QED) is 0.905. The molecule has 2 N–H and O–H groups in total. The number of amides is 1. The van der Waals surface area contributed by atoms with Crippen molar-refractivity contribution < 1.29 is 9.53 Å². The van der Waals surface area contributed by atoms with E-state index in [0.29, 0.717) is 6.54 Å². The van der Waals surface area contributed by atoms with Crippen LogP contribution in [0.1, 0.15) is 26.3 Å². The molecule has 4 heteroatoms. The van der Waals surface area contributed by atoms with Crippen molar-refractivity contribution in [2.75, 3.05) is 14.2 Å². The molecule has 0 bridgehead atoms. The molecule has 0 saturated carbocycles. The molecule has 4 nitrogen and oxygen atoms in total. The van der Waals surface area contributed by atoms with Crippen molar-refractivity contribution in [3.63, 3.8) is 0 Å². The van der Waals surface area contributed by atoms with Crippen LogP contribution in [0.25, 0.3) is 0 Å². The van der Waals surface area contributed by atoms with Crippen molar-refractivity contribution in [2.45, 2.75) is 33.4 Å². The van der Waals surface area contributed by atoms with Crippen LogP contribution >= 0.6 is 0 Å². The summed E-state index contributed by atoms with van der Waals surface area (Å²) in [5.41, 5.74) is 6.81. The Morgan fingerprint density at radius 2 is 1.84 bits per heavy atom. The number of carbonyl (C=O) groups is 1. The molecule has 1 aromatic carbocycles. The molecule has 0 aromatic heterocycles. The summed E-state index contributed by atoms with van der Waals surface area (Å²) in [6.45, 7) is 6.46. The van der Waals surface area contributed by atoms with Crippen molar-refractivity contribution in [3.8, 4) is 5.75 Å². The Balaban J connectivity index is 2.68. The zero-order chi connectivity index (χ0) is 14.6. The van der Waals surface area contributed by atoms with Crippen LogP contribution in [0.3, 0.4) is 0 Å². The lowest BCUT2D eigenvalue weighted by atomic mass is 9.86. The van der Waals surface area contributed by atoms with Gasteiger partial charge in [-0.15, -0.1) is 0 Å². The van der Waals surface area contributed by atoms with Gasteiger partial charge in [0.15, 0.2) is 0 Å². The van der Waals surface area contributed by atoms with Gasteiger partial charge in [-0.05, 0) is 23.1 Å². The lowest BCUT2D eigenvalue weighted by molar-refractivity contribution is -0.134. The average Bonchev–Trinajstić information content (AvgIpc) is 2.36. The maximum absolute atomic E-state index is 12.2. The van der Waals surface area contributed by atoms with Gasteiger partial charge in [-0.25, -0.2) is 0 Å². The molecule has 0 fully saturated rings. The molecule has 0 spiro atoms. The number of benzene rings is 1. The van der Waals surface area contributed by atoms with E-state index in [1.54, 1.807) is 19.1 Å². The SMILES string of the molecule is COc1ccc(CN(C)C(=O)[C@H](N)C(C)(C)C)cc1.